The molecule has 1 N–H and O–H groups in total. The van der Waals surface area contributed by atoms with Crippen molar-refractivity contribution in [2.45, 2.75) is 51.2 Å². The maximum Gasteiger partial charge on any atom is 0.231 e. The van der Waals surface area contributed by atoms with E-state index in [1.54, 1.807) is 0 Å². The van der Waals surface area contributed by atoms with Gasteiger partial charge in [0.2, 0.25) is 6.79 Å². The largest absolute Gasteiger partial charge is 0.454 e. The van der Waals surface area contributed by atoms with Crippen LogP contribution < -0.4 is 9.47 Å². The van der Waals surface area contributed by atoms with Crippen molar-refractivity contribution in [1.82, 2.24) is 4.90 Å². The van der Waals surface area contributed by atoms with Crippen LogP contribution in [0.2, 0.25) is 0 Å². The topological polar surface area (TPSA) is 51.2 Å². The molecule has 0 aliphatic carbocycles. The second-order valence-corrected chi connectivity index (χ2v) is 7.78. The van der Waals surface area contributed by atoms with Gasteiger partial charge in [-0.1, -0.05) is 12.1 Å². The van der Waals surface area contributed by atoms with Crippen molar-refractivity contribution in [3.63, 3.8) is 0 Å². The number of aliphatic hydroxyl groups excluding tert-OH is 1. The minimum atomic E-state index is 0.0384. The first-order valence-electron chi connectivity index (χ1n) is 9.60. The summed E-state index contributed by atoms with van der Waals surface area (Å²) < 4.78 is 17.0. The Morgan fingerprint density at radius 2 is 2.04 bits per heavy atom. The number of likely N-dealkylation sites (tertiary alicyclic amines) is 1. The third-order valence-electron chi connectivity index (χ3n) is 6.06. The van der Waals surface area contributed by atoms with Gasteiger partial charge >= 0.3 is 0 Å². The van der Waals surface area contributed by atoms with E-state index in [0.29, 0.717) is 12.9 Å². The molecule has 0 bridgehead atoms. The van der Waals surface area contributed by atoms with Crippen LogP contribution in [0.4, 0.5) is 0 Å². The number of nitrogens with zero attached hydrogens (tertiary/aromatic N) is 1. The van der Waals surface area contributed by atoms with Gasteiger partial charge in [0.05, 0.1) is 6.10 Å². The molecule has 0 amide bonds. The first-order valence-corrected chi connectivity index (χ1v) is 9.60. The quantitative estimate of drug-likeness (QED) is 0.887. The van der Waals surface area contributed by atoms with Crippen LogP contribution in [0.3, 0.4) is 0 Å². The predicted octanol–water partition coefficient (Wildman–Crippen LogP) is 2.95. The standard InChI is InChI=1S/C20H29NO4/c22-14-20(12-17-5-1-2-11-23-17)7-9-21(10-8-20)13-16-4-3-6-18-19(16)25-15-24-18/h3-4,6,17,22H,1-2,5,7-15H2/t17-/m1/s1. The maximum atomic E-state index is 10.1. The monoisotopic (exact) mass is 347 g/mol. The van der Waals surface area contributed by atoms with Crippen LogP contribution in [0.5, 0.6) is 11.5 Å². The number of benzene rings is 1. The van der Waals surface area contributed by atoms with Crippen LogP contribution in [-0.2, 0) is 11.3 Å². The van der Waals surface area contributed by atoms with Crippen LogP contribution in [0.15, 0.2) is 18.2 Å². The fourth-order valence-corrected chi connectivity index (χ4v) is 4.42. The average molecular weight is 347 g/mol. The van der Waals surface area contributed by atoms with E-state index in [-0.39, 0.29) is 12.0 Å². The van der Waals surface area contributed by atoms with E-state index in [0.717, 1.165) is 63.4 Å². The second-order valence-electron chi connectivity index (χ2n) is 7.78. The summed E-state index contributed by atoms with van der Waals surface area (Å²) in [5.41, 5.74) is 1.23. The Bertz CT molecular complexity index is 577. The lowest BCUT2D eigenvalue weighted by atomic mass is 9.74. The maximum absolute atomic E-state index is 10.1. The summed E-state index contributed by atoms with van der Waals surface area (Å²) in [7, 11) is 0. The van der Waals surface area contributed by atoms with Gasteiger partial charge in [0.15, 0.2) is 11.5 Å². The smallest absolute Gasteiger partial charge is 0.231 e. The number of rotatable bonds is 5. The van der Waals surface area contributed by atoms with E-state index in [1.807, 2.05) is 12.1 Å². The highest BCUT2D eigenvalue weighted by atomic mass is 16.7. The normalized spacial score (nSPS) is 25.9. The van der Waals surface area contributed by atoms with Crippen LogP contribution in [0.25, 0.3) is 0 Å². The van der Waals surface area contributed by atoms with E-state index in [1.165, 1.54) is 18.4 Å². The Morgan fingerprint density at radius 3 is 2.80 bits per heavy atom. The molecule has 0 aromatic heterocycles. The molecule has 1 aromatic rings. The Kier molecular flexibility index (Phi) is 5.15. The molecule has 3 heterocycles. The number of para-hydroxylation sites is 1. The third-order valence-corrected chi connectivity index (χ3v) is 6.06. The zero-order valence-electron chi connectivity index (χ0n) is 14.9. The molecule has 3 aliphatic rings. The minimum Gasteiger partial charge on any atom is -0.454 e. The molecule has 2 fully saturated rings. The van der Waals surface area contributed by atoms with Gasteiger partial charge < -0.3 is 19.3 Å². The molecule has 25 heavy (non-hydrogen) atoms. The Labute approximate surface area is 149 Å². The summed E-state index contributed by atoms with van der Waals surface area (Å²) >= 11 is 0. The molecular weight excluding hydrogens is 318 g/mol. The number of ether oxygens (including phenoxy) is 3. The van der Waals surface area contributed by atoms with Crippen molar-refractivity contribution in [2.24, 2.45) is 5.41 Å². The number of piperidine rings is 1. The molecule has 0 unspecified atom stereocenters. The Balaban J connectivity index is 1.35. The molecule has 1 atom stereocenters. The van der Waals surface area contributed by atoms with E-state index in [4.69, 9.17) is 14.2 Å². The van der Waals surface area contributed by atoms with Gasteiger partial charge in [-0.3, -0.25) is 4.90 Å². The second kappa shape index (κ2) is 7.52. The summed E-state index contributed by atoms with van der Waals surface area (Å²) in [6.07, 6.45) is 7.03. The van der Waals surface area contributed by atoms with Gasteiger partial charge in [0, 0.05) is 25.3 Å². The lowest BCUT2D eigenvalue weighted by Gasteiger charge is -2.43. The highest BCUT2D eigenvalue weighted by Gasteiger charge is 2.37. The van der Waals surface area contributed by atoms with Crippen LogP contribution in [0, 0.1) is 5.41 Å². The first-order chi connectivity index (χ1) is 12.3. The zero-order valence-corrected chi connectivity index (χ0v) is 14.9. The molecule has 0 spiro atoms. The molecule has 5 nitrogen and oxygen atoms in total. The summed E-state index contributed by atoms with van der Waals surface area (Å²) in [4.78, 5) is 2.47. The van der Waals surface area contributed by atoms with Gasteiger partial charge in [-0.2, -0.15) is 0 Å². The van der Waals surface area contributed by atoms with E-state index in [9.17, 15) is 5.11 Å². The third kappa shape index (κ3) is 3.78. The molecule has 0 saturated carbocycles. The average Bonchev–Trinajstić information content (AvgIpc) is 3.14. The number of fused-ring (bicyclic) bond motifs is 1. The molecule has 1 aromatic carbocycles. The lowest BCUT2D eigenvalue weighted by molar-refractivity contribution is -0.0487. The van der Waals surface area contributed by atoms with Gasteiger partial charge in [0.25, 0.3) is 0 Å². The van der Waals surface area contributed by atoms with Gasteiger partial charge in [-0.15, -0.1) is 0 Å². The molecular formula is C20H29NO4. The number of hydrogen-bond acceptors (Lipinski definition) is 5. The Morgan fingerprint density at radius 1 is 1.16 bits per heavy atom. The Hall–Kier alpha value is -1.30. The fourth-order valence-electron chi connectivity index (χ4n) is 4.42. The lowest BCUT2D eigenvalue weighted by Crippen LogP contribution is -2.44. The summed E-state index contributed by atoms with van der Waals surface area (Å²) in [5.74, 6) is 1.76. The zero-order chi connectivity index (χ0) is 17.1. The molecule has 0 radical (unpaired) electrons. The van der Waals surface area contributed by atoms with E-state index >= 15 is 0 Å². The minimum absolute atomic E-state index is 0.0384. The van der Waals surface area contributed by atoms with Crippen molar-refractivity contribution >= 4 is 0 Å². The van der Waals surface area contributed by atoms with E-state index in [2.05, 4.69) is 11.0 Å². The molecule has 138 valence electrons. The summed E-state index contributed by atoms with van der Waals surface area (Å²) in [5, 5.41) is 10.1. The predicted molar refractivity (Wildman–Crippen MR) is 94.8 cm³/mol. The van der Waals surface area contributed by atoms with Crippen molar-refractivity contribution in [3.05, 3.63) is 23.8 Å². The molecule has 5 heteroatoms. The fraction of sp³-hybridized carbons (Fsp3) is 0.700. The van der Waals surface area contributed by atoms with Crippen molar-refractivity contribution in [3.8, 4) is 11.5 Å². The van der Waals surface area contributed by atoms with E-state index < -0.39 is 0 Å². The SMILES string of the molecule is OCC1(C[C@H]2CCCCO2)CCN(Cc2cccc3c2OCO3)CC1. The molecule has 3 aliphatic heterocycles. The number of hydrogen-bond donors (Lipinski definition) is 1. The highest BCUT2D eigenvalue weighted by molar-refractivity contribution is 5.48. The highest BCUT2D eigenvalue weighted by Crippen LogP contribution is 2.40. The molecule has 4 rings (SSSR count). The summed E-state index contributed by atoms with van der Waals surface area (Å²) in [6, 6.07) is 6.12. The first kappa shape index (κ1) is 17.1. The van der Waals surface area contributed by atoms with Gasteiger partial charge in [-0.25, -0.2) is 0 Å². The van der Waals surface area contributed by atoms with Gasteiger partial charge in [0.1, 0.15) is 0 Å². The number of aliphatic hydroxyl groups is 1. The van der Waals surface area contributed by atoms with Gasteiger partial charge in [-0.05, 0) is 63.1 Å². The van der Waals surface area contributed by atoms with Crippen molar-refractivity contribution in [1.29, 1.82) is 0 Å². The van der Waals surface area contributed by atoms with Crippen LogP contribution >= 0.6 is 0 Å². The van der Waals surface area contributed by atoms with Crippen LogP contribution in [-0.4, -0.2) is 49.2 Å². The van der Waals surface area contributed by atoms with Crippen molar-refractivity contribution < 1.29 is 19.3 Å². The molecule has 2 saturated heterocycles. The summed E-state index contributed by atoms with van der Waals surface area (Å²) in [6.45, 7) is 4.39. The van der Waals surface area contributed by atoms with Crippen LogP contribution in [0.1, 0.15) is 44.1 Å². The van der Waals surface area contributed by atoms with Crippen molar-refractivity contribution in [2.75, 3.05) is 33.1 Å².